The molecule has 0 unspecified atom stereocenters. The molecular weight excluding hydrogens is 1160 g/mol. The molecule has 0 radical (unpaired) electrons. The lowest BCUT2D eigenvalue weighted by molar-refractivity contribution is -0.400. The number of phenolic OH excluding ortho intramolecular Hbond substituents is 2. The van der Waals surface area contributed by atoms with E-state index in [1.807, 2.05) is 19.1 Å². The van der Waals surface area contributed by atoms with Crippen molar-refractivity contribution < 1.29 is 59.5 Å². The van der Waals surface area contributed by atoms with Gasteiger partial charge in [-0.1, -0.05) is 68.7 Å². The van der Waals surface area contributed by atoms with Crippen molar-refractivity contribution in [1.82, 2.24) is 20.2 Å². The van der Waals surface area contributed by atoms with Crippen LogP contribution < -0.4 is 20.8 Å². The normalized spacial score (nSPS) is 38.7. The average Bonchev–Trinajstić information content (AvgIpc) is 0.864. The number of nitrogens with zero attached hydrogens (tertiary/aromatic N) is 1. The Morgan fingerprint density at radius 3 is 2.58 bits per heavy atom. The van der Waals surface area contributed by atoms with Crippen LogP contribution >= 0.6 is 0 Å². The molecule has 4 saturated carbocycles. The summed E-state index contributed by atoms with van der Waals surface area (Å²) in [7, 11) is 0. The zero-order chi connectivity index (χ0) is 62.9. The summed E-state index contributed by atoms with van der Waals surface area (Å²) >= 11 is 0. The molecule has 1 amide bonds. The number of aliphatic hydroxyl groups excluding tert-OH is 4. The molecule has 4 spiro atoms. The number of H-pyrrole nitrogens is 1. The highest BCUT2D eigenvalue weighted by Crippen LogP contribution is 2.72. The lowest BCUT2D eigenvalue weighted by Crippen LogP contribution is -2.78. The number of piperidine rings is 1. The largest absolute Gasteiger partial charge is 0.508 e. The first kappa shape index (κ1) is 58.1. The standard InChI is InChI=1S/C75H84N4O13/c1-4-37-25-54-48-28-42(9-12-45(37)48)74(78-54)43-10-16-62(73(88,69(86)66(85)59(84)35-80)32-40-7-14-57(82)46-13-11-44(81)30-47(40)46)91-92-63-27-41-24-50-58(83)23-36(3)89-68(50)65-67(41)90-75(63)51(29-43)64-39(26-61(74)75)8-15-60-71(19-6-20-72(60)52(64)33-76-70(72)87)21-17-38(18-22-71)53-31-49-55(77-53)34-79(65)56(49)5-2/h7,10-11,13-14,16-17,21,23-24,26,29-31,34,37-38,42,45,48,51-52,54,59-64,66,69,77-78,80-82,84-86,88H,4-6,8-9,12,15,18-20,22,25,27-28,32-33,35H2,1-3H3,(H,76,87)/b16-10-/t37-,38+,42+,45+,48+,51+,52+,54-,59+,60-,61+,62+,63+,64+,66+,69-,71-,72+,73-,74-,75-/m0/s1. The number of aromatic amines is 1. The van der Waals surface area contributed by atoms with Gasteiger partial charge in [0.05, 0.1) is 28.5 Å². The molecule has 16 aliphatic rings. The van der Waals surface area contributed by atoms with Crippen LogP contribution in [0.2, 0.25) is 0 Å². The maximum atomic E-state index is 15.7. The third kappa shape index (κ3) is 7.59. The highest BCUT2D eigenvalue weighted by Gasteiger charge is 2.76. The van der Waals surface area contributed by atoms with E-state index in [1.54, 1.807) is 18.2 Å². The number of amides is 1. The Hall–Kier alpha value is -6.54. The van der Waals surface area contributed by atoms with E-state index in [-0.39, 0.29) is 70.3 Å². The van der Waals surface area contributed by atoms with Gasteiger partial charge in [0.1, 0.15) is 59.1 Å². The van der Waals surface area contributed by atoms with Gasteiger partial charge >= 0.3 is 0 Å². The van der Waals surface area contributed by atoms with E-state index in [2.05, 4.69) is 70.6 Å². The molecule has 6 fully saturated rings. The molecule has 92 heavy (non-hydrogen) atoms. The molecule has 2 saturated heterocycles. The summed E-state index contributed by atoms with van der Waals surface area (Å²) in [4.78, 5) is 48.8. The van der Waals surface area contributed by atoms with Gasteiger partial charge in [0.25, 0.3) is 0 Å². The van der Waals surface area contributed by atoms with E-state index in [4.69, 9.17) is 18.9 Å². The van der Waals surface area contributed by atoms with Crippen LogP contribution in [0.25, 0.3) is 38.3 Å². The topological polar surface area (TPSA) is 261 Å². The van der Waals surface area contributed by atoms with Crippen LogP contribution in [0, 0.1) is 71.0 Å². The maximum Gasteiger partial charge on any atom is 0.226 e. The van der Waals surface area contributed by atoms with Crippen molar-refractivity contribution in [2.24, 2.45) is 64.1 Å². The molecule has 17 nitrogen and oxygen atoms in total. The van der Waals surface area contributed by atoms with Crippen LogP contribution in [-0.4, -0.2) is 118 Å². The van der Waals surface area contributed by atoms with Crippen LogP contribution in [0.1, 0.15) is 125 Å². The van der Waals surface area contributed by atoms with Gasteiger partial charge in [-0.3, -0.25) is 9.59 Å². The Kier molecular flexibility index (Phi) is 12.8. The van der Waals surface area contributed by atoms with E-state index in [0.29, 0.717) is 80.8 Å². The summed E-state index contributed by atoms with van der Waals surface area (Å²) in [6.07, 6.45) is 18.7. The van der Waals surface area contributed by atoms with Crippen LogP contribution in [0.5, 0.6) is 17.2 Å². The number of aryl methyl sites for hydroxylation is 2. The molecule has 3 aromatic carbocycles. The van der Waals surface area contributed by atoms with Crippen LogP contribution in [-0.2, 0) is 33.8 Å². The lowest BCUT2D eigenvalue weighted by Gasteiger charge is -2.68. The van der Waals surface area contributed by atoms with E-state index < -0.39 is 77.5 Å². The summed E-state index contributed by atoms with van der Waals surface area (Å²) in [5.74, 6) is 1.53. The summed E-state index contributed by atoms with van der Waals surface area (Å²) in [6, 6.07) is 13.4. The zero-order valence-corrected chi connectivity index (χ0v) is 52.4. The van der Waals surface area contributed by atoms with Crippen molar-refractivity contribution >= 4 is 38.6 Å². The second kappa shape index (κ2) is 20.2. The van der Waals surface area contributed by atoms with Crippen molar-refractivity contribution in [3.63, 3.8) is 0 Å². The highest BCUT2D eigenvalue weighted by molar-refractivity contribution is 5.94. The molecule has 6 aromatic rings. The Balaban J connectivity index is 0.935. The minimum atomic E-state index is -2.60. The van der Waals surface area contributed by atoms with Gasteiger partial charge in [-0.2, -0.15) is 0 Å². The lowest BCUT2D eigenvalue weighted by atomic mass is 9.43. The molecule has 3 aromatic heterocycles. The summed E-state index contributed by atoms with van der Waals surface area (Å²) in [5, 5.41) is 92.6. The third-order valence-electron chi connectivity index (χ3n) is 26.8. The number of hydrogen-bond donors (Lipinski definition) is 10. The fourth-order valence-corrected chi connectivity index (χ4v) is 23.0. The molecule has 21 atom stereocenters. The maximum absolute atomic E-state index is 15.7. The minimum Gasteiger partial charge on any atom is -0.508 e. The Bertz CT molecular complexity index is 4310. The smallest absolute Gasteiger partial charge is 0.226 e. The molecule has 482 valence electrons. The molecule has 22 rings (SSSR count). The quantitative estimate of drug-likeness (QED) is 0.0478. The first-order valence-corrected chi connectivity index (χ1v) is 34.5. The van der Waals surface area contributed by atoms with Crippen molar-refractivity contribution in [3.8, 4) is 22.9 Å². The number of carbonyl (C=O) groups excluding carboxylic acids is 1. The summed E-state index contributed by atoms with van der Waals surface area (Å²) in [5.41, 5.74) is 1.55. The second-order valence-corrected chi connectivity index (χ2v) is 30.4. The van der Waals surface area contributed by atoms with E-state index >= 15 is 4.79 Å². The highest BCUT2D eigenvalue weighted by atomic mass is 17.2. The van der Waals surface area contributed by atoms with Crippen LogP contribution in [0.4, 0.5) is 0 Å². The van der Waals surface area contributed by atoms with Gasteiger partial charge < -0.3 is 65.1 Å². The number of rotatable bonds is 9. The van der Waals surface area contributed by atoms with Crippen molar-refractivity contribution in [3.05, 3.63) is 141 Å². The number of allylic oxidation sites excluding steroid dienone is 3. The number of benzene rings is 3. The van der Waals surface area contributed by atoms with E-state index in [0.717, 1.165) is 105 Å². The number of aromatic hydroxyl groups is 2. The number of nitrogens with one attached hydrogen (secondary N) is 3. The Morgan fingerprint density at radius 1 is 0.891 bits per heavy atom. The number of fused-ring (bicyclic) bond motifs is 6. The first-order chi connectivity index (χ1) is 44.5. The van der Waals surface area contributed by atoms with Gasteiger partial charge in [-0.15, -0.1) is 0 Å². The number of hydrogen-bond acceptors (Lipinski definition) is 14. The average molecular weight is 1250 g/mol. The van der Waals surface area contributed by atoms with E-state index in [9.17, 15) is 40.5 Å². The molecular formula is C75H84N4O13. The molecule has 12 heterocycles. The van der Waals surface area contributed by atoms with Crippen molar-refractivity contribution in [2.75, 3.05) is 13.2 Å². The molecule has 7 aliphatic carbocycles. The molecule has 9 aliphatic heterocycles. The number of ether oxygens (including phenoxy) is 1. The Morgan fingerprint density at radius 2 is 1.76 bits per heavy atom. The third-order valence-corrected chi connectivity index (χ3v) is 26.8. The molecule has 16 bridgehead atoms. The van der Waals surface area contributed by atoms with Gasteiger partial charge in [-0.05, 0) is 183 Å². The zero-order valence-electron chi connectivity index (χ0n) is 52.4. The van der Waals surface area contributed by atoms with Crippen LogP contribution in [0.15, 0.2) is 112 Å². The summed E-state index contributed by atoms with van der Waals surface area (Å²) in [6.45, 7) is 5.86. The van der Waals surface area contributed by atoms with Gasteiger partial charge in [0.15, 0.2) is 22.4 Å². The SMILES string of the molecule is CCc1c2cc3[nH]c2cn1-c1c2c(cc4c(=O)cc(C)oc14)C[C@H]1OO[C@@H]([C@@](O)(Cc4ccc(O)c5ccc(O)cc45)[C@@H](O)[C@H](O)[C@H](O)CO)/C=C\C4=C[C@@H]5[C@H]6C(=C[C@H]([C@@]47N[C@H]4C[C@H](CC)[C@H]8CC[C@@H]7C[C@H]84)[C@@]51O2)CC[C@H]1[C@]2(C=C[C@@H]3CC2)CCC[C@]12C(=O)NC[C@H]62. The molecule has 17 heteroatoms. The first-order valence-electron chi connectivity index (χ1n) is 34.5. The second-order valence-electron chi connectivity index (χ2n) is 30.4. The predicted molar refractivity (Wildman–Crippen MR) is 343 cm³/mol. The minimum absolute atomic E-state index is 0.0664. The van der Waals surface area contributed by atoms with Gasteiger partial charge in [0.2, 0.25) is 5.91 Å². The Labute approximate surface area is 533 Å². The number of phenols is 2. The fourth-order valence-electron chi connectivity index (χ4n) is 23.0. The number of aliphatic hydroxyl groups is 5. The fraction of sp³-hybridized carbons (Fsp3) is 0.547. The van der Waals surface area contributed by atoms with Crippen LogP contribution in [0.3, 0.4) is 0 Å². The van der Waals surface area contributed by atoms with Crippen molar-refractivity contribution in [1.29, 1.82) is 0 Å². The summed E-state index contributed by atoms with van der Waals surface area (Å²) < 4.78 is 17.8. The van der Waals surface area contributed by atoms with Gasteiger partial charge in [0, 0.05) is 83.2 Å². The number of aromatic nitrogens is 2. The van der Waals surface area contributed by atoms with Gasteiger partial charge in [-0.25, -0.2) is 9.78 Å². The predicted octanol–water partition coefficient (Wildman–Crippen LogP) is 9.14. The van der Waals surface area contributed by atoms with E-state index in [1.165, 1.54) is 29.8 Å². The van der Waals surface area contributed by atoms with Crippen molar-refractivity contribution in [2.45, 2.75) is 176 Å². The number of carbonyl (C=O) groups is 1. The molecule has 10 N–H and O–H groups in total. The monoisotopic (exact) mass is 1250 g/mol.